The zero-order valence-electron chi connectivity index (χ0n) is 15.8. The maximum absolute atomic E-state index is 12.7. The Labute approximate surface area is 169 Å². The highest BCUT2D eigenvalue weighted by atomic mass is 16.5. The van der Waals surface area contributed by atoms with Crippen LogP contribution >= 0.6 is 0 Å². The maximum Gasteiger partial charge on any atom is 0.311 e. The van der Waals surface area contributed by atoms with Gasteiger partial charge in [-0.15, -0.1) is 0 Å². The lowest BCUT2D eigenvalue weighted by Crippen LogP contribution is -2.14. The predicted molar refractivity (Wildman–Crippen MR) is 113 cm³/mol. The molecule has 3 nitrogen and oxygen atoms in total. The van der Waals surface area contributed by atoms with Crippen molar-refractivity contribution < 1.29 is 9.53 Å². The van der Waals surface area contributed by atoms with Crippen LogP contribution in [-0.4, -0.2) is 5.97 Å². The average molecular weight is 377 g/mol. The Bertz CT molecular complexity index is 1170. The second-order valence-corrected chi connectivity index (χ2v) is 6.87. The summed E-state index contributed by atoms with van der Waals surface area (Å²) in [6, 6.07) is 33.0. The fourth-order valence-corrected chi connectivity index (χ4v) is 3.37. The van der Waals surface area contributed by atoms with E-state index in [2.05, 4.69) is 12.1 Å². The maximum atomic E-state index is 12.7. The fourth-order valence-electron chi connectivity index (χ4n) is 3.37. The van der Waals surface area contributed by atoms with E-state index >= 15 is 0 Å². The normalized spacial score (nSPS) is 11.6. The number of hydrogen-bond acceptors (Lipinski definition) is 3. The van der Waals surface area contributed by atoms with Gasteiger partial charge in [0, 0.05) is 0 Å². The van der Waals surface area contributed by atoms with Gasteiger partial charge in [0.2, 0.25) is 0 Å². The molecule has 4 aromatic carbocycles. The number of nitriles is 1. The van der Waals surface area contributed by atoms with Crippen LogP contribution < -0.4 is 0 Å². The van der Waals surface area contributed by atoms with Gasteiger partial charge in [-0.2, -0.15) is 5.26 Å². The molecule has 0 aromatic heterocycles. The van der Waals surface area contributed by atoms with E-state index in [1.165, 1.54) is 0 Å². The third-order valence-corrected chi connectivity index (χ3v) is 4.86. The van der Waals surface area contributed by atoms with Gasteiger partial charge in [-0.1, -0.05) is 78.9 Å². The summed E-state index contributed by atoms with van der Waals surface area (Å²) in [6.07, 6.45) is -0.329. The molecule has 0 amide bonds. The van der Waals surface area contributed by atoms with Crippen LogP contribution in [0.1, 0.15) is 28.4 Å². The standard InChI is InChI=1S/C26H19NO2/c27-18-20-10-12-22(13-11-20)26(29-25(28)16-19-6-2-1-3-7-19)24-15-14-21-8-4-5-9-23(21)17-24/h1-15,17,26H,16H2. The number of fused-ring (bicyclic) bond motifs is 1. The van der Waals surface area contributed by atoms with Crippen LogP contribution in [0.25, 0.3) is 10.8 Å². The van der Waals surface area contributed by atoms with Crippen molar-refractivity contribution in [2.75, 3.05) is 0 Å². The molecule has 1 unspecified atom stereocenters. The number of benzene rings is 4. The number of rotatable bonds is 5. The number of ether oxygens (including phenoxy) is 1. The summed E-state index contributed by atoms with van der Waals surface area (Å²) in [5.74, 6) is -0.293. The Balaban J connectivity index is 1.67. The van der Waals surface area contributed by atoms with Crippen LogP contribution in [0.15, 0.2) is 97.1 Å². The SMILES string of the molecule is N#Cc1ccc(C(OC(=O)Cc2ccccc2)c2ccc3ccccc3c2)cc1. The van der Waals surface area contributed by atoms with E-state index in [0.717, 1.165) is 27.5 Å². The van der Waals surface area contributed by atoms with Crippen molar-refractivity contribution in [3.63, 3.8) is 0 Å². The Hall–Kier alpha value is -3.90. The number of nitrogens with zero attached hydrogens (tertiary/aromatic N) is 1. The molecule has 0 fully saturated rings. The lowest BCUT2D eigenvalue weighted by Gasteiger charge is -2.20. The van der Waals surface area contributed by atoms with Gasteiger partial charge in [0.1, 0.15) is 0 Å². The van der Waals surface area contributed by atoms with E-state index in [0.29, 0.717) is 5.56 Å². The zero-order chi connectivity index (χ0) is 20.1. The minimum atomic E-state index is -0.538. The lowest BCUT2D eigenvalue weighted by atomic mass is 9.97. The lowest BCUT2D eigenvalue weighted by molar-refractivity contribution is -0.146. The van der Waals surface area contributed by atoms with Crippen molar-refractivity contribution in [3.05, 3.63) is 119 Å². The van der Waals surface area contributed by atoms with Gasteiger partial charge in [-0.25, -0.2) is 0 Å². The van der Waals surface area contributed by atoms with Crippen LogP contribution in [0, 0.1) is 11.3 Å². The predicted octanol–water partition coefficient (Wildman–Crippen LogP) is 5.59. The van der Waals surface area contributed by atoms with E-state index < -0.39 is 6.10 Å². The molecule has 29 heavy (non-hydrogen) atoms. The first-order chi connectivity index (χ1) is 14.2. The van der Waals surface area contributed by atoms with Gasteiger partial charge < -0.3 is 4.74 Å². The smallest absolute Gasteiger partial charge is 0.311 e. The quantitative estimate of drug-likeness (QED) is 0.426. The third kappa shape index (κ3) is 4.34. The van der Waals surface area contributed by atoms with Crippen molar-refractivity contribution in [1.29, 1.82) is 5.26 Å². The highest BCUT2D eigenvalue weighted by molar-refractivity contribution is 5.83. The van der Waals surface area contributed by atoms with Gasteiger partial charge in [0.05, 0.1) is 18.1 Å². The van der Waals surface area contributed by atoms with Gasteiger partial charge in [0.25, 0.3) is 0 Å². The van der Waals surface area contributed by atoms with E-state index in [-0.39, 0.29) is 12.4 Å². The van der Waals surface area contributed by atoms with Crippen LogP contribution in [0.5, 0.6) is 0 Å². The molecule has 4 rings (SSSR count). The first-order valence-electron chi connectivity index (χ1n) is 9.45. The average Bonchev–Trinajstić information content (AvgIpc) is 2.78. The third-order valence-electron chi connectivity index (χ3n) is 4.86. The topological polar surface area (TPSA) is 50.1 Å². The highest BCUT2D eigenvalue weighted by Crippen LogP contribution is 2.29. The number of hydrogen-bond donors (Lipinski definition) is 0. The summed E-state index contributed by atoms with van der Waals surface area (Å²) in [4.78, 5) is 12.7. The molecule has 0 N–H and O–H groups in total. The molecule has 0 aliphatic heterocycles. The van der Waals surface area contributed by atoms with Crippen LogP contribution in [0.3, 0.4) is 0 Å². The summed E-state index contributed by atoms with van der Waals surface area (Å²) in [6.45, 7) is 0. The molecule has 0 heterocycles. The molecule has 4 aromatic rings. The molecule has 140 valence electrons. The first kappa shape index (κ1) is 18.5. The molecule has 0 bridgehead atoms. The molecular weight excluding hydrogens is 358 g/mol. The zero-order valence-corrected chi connectivity index (χ0v) is 15.8. The van der Waals surface area contributed by atoms with Gasteiger partial charge in [-0.05, 0) is 45.7 Å². The van der Waals surface area contributed by atoms with Crippen molar-refractivity contribution in [1.82, 2.24) is 0 Å². The van der Waals surface area contributed by atoms with E-state index in [1.54, 1.807) is 12.1 Å². The van der Waals surface area contributed by atoms with Crippen LogP contribution in [0.2, 0.25) is 0 Å². The van der Waals surface area contributed by atoms with Crippen molar-refractivity contribution in [2.24, 2.45) is 0 Å². The number of carbonyl (C=O) groups is 1. The summed E-state index contributed by atoms with van der Waals surface area (Å²) in [5, 5.41) is 11.3. The Morgan fingerprint density at radius 3 is 2.17 bits per heavy atom. The largest absolute Gasteiger partial charge is 0.452 e. The van der Waals surface area contributed by atoms with Gasteiger partial charge in [0.15, 0.2) is 6.10 Å². The van der Waals surface area contributed by atoms with Crippen molar-refractivity contribution in [3.8, 4) is 6.07 Å². The molecule has 1 atom stereocenters. The Morgan fingerprint density at radius 2 is 1.45 bits per heavy atom. The molecule has 3 heteroatoms. The molecule has 0 spiro atoms. The van der Waals surface area contributed by atoms with Gasteiger partial charge in [-0.3, -0.25) is 4.79 Å². The summed E-state index contributed by atoms with van der Waals surface area (Å²) < 4.78 is 5.93. The number of carbonyl (C=O) groups excluding carboxylic acids is 1. The van der Waals surface area contributed by atoms with Crippen molar-refractivity contribution in [2.45, 2.75) is 12.5 Å². The monoisotopic (exact) mass is 377 g/mol. The second kappa shape index (κ2) is 8.41. The van der Waals surface area contributed by atoms with E-state index in [4.69, 9.17) is 10.00 Å². The van der Waals surface area contributed by atoms with E-state index in [1.807, 2.05) is 78.9 Å². The fraction of sp³-hybridized carbons (Fsp3) is 0.0769. The Morgan fingerprint density at radius 1 is 0.793 bits per heavy atom. The molecule has 0 saturated heterocycles. The minimum absolute atomic E-state index is 0.210. The molecular formula is C26H19NO2. The minimum Gasteiger partial charge on any atom is -0.452 e. The van der Waals surface area contributed by atoms with Crippen molar-refractivity contribution >= 4 is 16.7 Å². The van der Waals surface area contributed by atoms with Crippen LogP contribution in [0.4, 0.5) is 0 Å². The second-order valence-electron chi connectivity index (χ2n) is 6.87. The Kier molecular flexibility index (Phi) is 5.36. The molecule has 0 saturated carbocycles. The van der Waals surface area contributed by atoms with E-state index in [9.17, 15) is 4.79 Å². The molecule has 0 aliphatic rings. The van der Waals surface area contributed by atoms with Gasteiger partial charge >= 0.3 is 5.97 Å². The molecule has 0 aliphatic carbocycles. The summed E-state index contributed by atoms with van der Waals surface area (Å²) in [7, 11) is 0. The van der Waals surface area contributed by atoms with Crippen LogP contribution in [-0.2, 0) is 16.0 Å². The first-order valence-corrected chi connectivity index (χ1v) is 9.45. The summed E-state index contributed by atoms with van der Waals surface area (Å²) >= 11 is 0. The summed E-state index contributed by atoms with van der Waals surface area (Å²) in [5.41, 5.74) is 3.21. The number of esters is 1. The highest BCUT2D eigenvalue weighted by Gasteiger charge is 2.20. The molecule has 0 radical (unpaired) electrons.